The molecule has 36 heavy (non-hydrogen) atoms. The lowest BCUT2D eigenvalue weighted by Gasteiger charge is -2.35. The number of amides is 3. The highest BCUT2D eigenvalue weighted by Gasteiger charge is 2.77. The molecule has 3 aliphatic rings. The zero-order valence-corrected chi connectivity index (χ0v) is 21.9. The first-order valence-electron chi connectivity index (χ1n) is 12.3. The SMILES string of the molecule is Cc1cccc(Cl)c1NC(=O)C1N(CCCO)C(=O)[C@@H]2[C@H](C(=O)Nc3ccccc3)[C@]3(C)CCC12S3. The fourth-order valence-electron chi connectivity index (χ4n) is 6.33. The number of benzene rings is 2. The van der Waals surface area contributed by atoms with E-state index in [0.717, 1.165) is 12.0 Å². The number of aliphatic hydroxyl groups is 1. The number of aliphatic hydroxyl groups excluding tert-OH is 1. The first-order valence-corrected chi connectivity index (χ1v) is 13.4. The first kappa shape index (κ1) is 25.1. The van der Waals surface area contributed by atoms with E-state index in [1.54, 1.807) is 22.7 Å². The second-order valence-electron chi connectivity index (χ2n) is 10.1. The summed E-state index contributed by atoms with van der Waals surface area (Å²) in [6.45, 7) is 4.06. The zero-order chi connectivity index (χ0) is 25.7. The van der Waals surface area contributed by atoms with Crippen LogP contribution in [0, 0.1) is 18.8 Å². The lowest BCUT2D eigenvalue weighted by molar-refractivity contribution is -0.139. The molecule has 3 N–H and O–H groups in total. The molecular formula is C27H30ClN3O4S. The number of nitrogens with one attached hydrogen (secondary N) is 2. The Morgan fingerprint density at radius 1 is 1.11 bits per heavy atom. The van der Waals surface area contributed by atoms with E-state index in [1.165, 1.54) is 0 Å². The third-order valence-electron chi connectivity index (χ3n) is 7.88. The third kappa shape index (κ3) is 3.90. The quantitative estimate of drug-likeness (QED) is 0.504. The van der Waals surface area contributed by atoms with Crippen molar-refractivity contribution in [2.75, 3.05) is 23.8 Å². The molecule has 3 saturated heterocycles. The van der Waals surface area contributed by atoms with Gasteiger partial charge >= 0.3 is 0 Å². The van der Waals surface area contributed by atoms with Gasteiger partial charge in [0.25, 0.3) is 0 Å². The van der Waals surface area contributed by atoms with Crippen molar-refractivity contribution in [3.05, 3.63) is 59.1 Å². The highest BCUT2D eigenvalue weighted by molar-refractivity contribution is 8.02. The van der Waals surface area contributed by atoms with E-state index in [1.807, 2.05) is 56.3 Å². The molecule has 1 spiro atoms. The van der Waals surface area contributed by atoms with E-state index in [4.69, 9.17) is 11.6 Å². The van der Waals surface area contributed by atoms with Crippen LogP contribution in [0.5, 0.6) is 0 Å². The molecule has 0 aliphatic carbocycles. The van der Waals surface area contributed by atoms with Gasteiger partial charge < -0.3 is 20.6 Å². The Morgan fingerprint density at radius 2 is 1.86 bits per heavy atom. The molecular weight excluding hydrogens is 498 g/mol. The lowest BCUT2D eigenvalue weighted by atomic mass is 9.66. The molecule has 5 rings (SSSR count). The van der Waals surface area contributed by atoms with Crippen LogP contribution >= 0.6 is 23.4 Å². The monoisotopic (exact) mass is 527 g/mol. The maximum Gasteiger partial charge on any atom is 0.248 e. The summed E-state index contributed by atoms with van der Waals surface area (Å²) in [5.74, 6) is -1.88. The fraction of sp³-hybridized carbons (Fsp3) is 0.444. The van der Waals surface area contributed by atoms with Crippen LogP contribution < -0.4 is 10.6 Å². The zero-order valence-electron chi connectivity index (χ0n) is 20.3. The Hall–Kier alpha value is -2.55. The van der Waals surface area contributed by atoms with Crippen molar-refractivity contribution in [2.24, 2.45) is 11.8 Å². The summed E-state index contributed by atoms with van der Waals surface area (Å²) < 4.78 is -1.18. The van der Waals surface area contributed by atoms with Gasteiger partial charge in [0.05, 0.1) is 27.3 Å². The highest BCUT2D eigenvalue weighted by Crippen LogP contribution is 2.71. The molecule has 0 saturated carbocycles. The first-order chi connectivity index (χ1) is 17.2. The van der Waals surface area contributed by atoms with Crippen LogP contribution in [0.2, 0.25) is 5.02 Å². The number of hydrogen-bond donors (Lipinski definition) is 3. The summed E-state index contributed by atoms with van der Waals surface area (Å²) in [5.41, 5.74) is 2.03. The topological polar surface area (TPSA) is 98.7 Å². The van der Waals surface area contributed by atoms with Crippen molar-refractivity contribution in [3.63, 3.8) is 0 Å². The predicted octanol–water partition coefficient (Wildman–Crippen LogP) is 4.09. The van der Waals surface area contributed by atoms with Gasteiger partial charge in [0, 0.05) is 23.6 Å². The number of para-hydroxylation sites is 2. The number of fused-ring (bicyclic) bond motifs is 1. The van der Waals surface area contributed by atoms with Crippen molar-refractivity contribution in [2.45, 2.75) is 48.6 Å². The molecule has 9 heteroatoms. The van der Waals surface area contributed by atoms with E-state index >= 15 is 0 Å². The fourth-order valence-corrected chi connectivity index (χ4v) is 8.96. The molecule has 5 atom stereocenters. The van der Waals surface area contributed by atoms with E-state index < -0.39 is 27.4 Å². The van der Waals surface area contributed by atoms with Crippen molar-refractivity contribution in [1.29, 1.82) is 0 Å². The molecule has 3 fully saturated rings. The number of carbonyl (C=O) groups excluding carboxylic acids is 3. The molecule has 0 aromatic heterocycles. The normalized spacial score (nSPS) is 30.4. The Labute approximate surface area is 220 Å². The number of rotatable bonds is 7. The molecule has 3 heterocycles. The van der Waals surface area contributed by atoms with E-state index in [2.05, 4.69) is 10.6 Å². The smallest absolute Gasteiger partial charge is 0.248 e. The number of nitrogens with zero attached hydrogens (tertiary/aromatic N) is 1. The largest absolute Gasteiger partial charge is 0.396 e. The number of likely N-dealkylation sites (tertiary alicyclic amines) is 1. The summed E-state index contributed by atoms with van der Waals surface area (Å²) in [6, 6.07) is 13.9. The summed E-state index contributed by atoms with van der Waals surface area (Å²) in [4.78, 5) is 43.0. The van der Waals surface area contributed by atoms with Gasteiger partial charge in [-0.1, -0.05) is 41.9 Å². The van der Waals surface area contributed by atoms with Crippen molar-refractivity contribution >= 4 is 52.5 Å². The minimum Gasteiger partial charge on any atom is -0.396 e. The third-order valence-corrected chi connectivity index (χ3v) is 10.2. The van der Waals surface area contributed by atoms with Gasteiger partial charge in [0.2, 0.25) is 17.7 Å². The number of halogens is 1. The minimum absolute atomic E-state index is 0.0951. The van der Waals surface area contributed by atoms with Gasteiger partial charge in [-0.15, -0.1) is 11.8 Å². The number of anilines is 2. The van der Waals surface area contributed by atoms with Crippen molar-refractivity contribution < 1.29 is 19.5 Å². The highest BCUT2D eigenvalue weighted by atomic mass is 35.5. The summed E-state index contributed by atoms with van der Waals surface area (Å²) in [7, 11) is 0. The van der Waals surface area contributed by atoms with Crippen LogP contribution in [0.25, 0.3) is 0 Å². The van der Waals surface area contributed by atoms with Crippen LogP contribution in [0.3, 0.4) is 0 Å². The second kappa shape index (κ2) is 9.39. The van der Waals surface area contributed by atoms with Gasteiger partial charge in [-0.05, 0) is 56.9 Å². The Bertz CT molecular complexity index is 1190. The maximum absolute atomic E-state index is 13.9. The lowest BCUT2D eigenvalue weighted by Crippen LogP contribution is -2.52. The summed E-state index contributed by atoms with van der Waals surface area (Å²) >= 11 is 8.01. The average Bonchev–Trinajstić information content (AvgIpc) is 3.41. The maximum atomic E-state index is 13.9. The molecule has 0 radical (unpaired) electrons. The standard InChI is InChI=1S/C27H30ClN3O4S/c1-16-8-6-11-18(28)21(16)30-24(34)22-27-13-12-26(2,36-27)19(20(27)25(35)31(22)14-7-15-32)23(33)29-17-9-4-3-5-10-17/h3-6,8-11,19-20,22,32H,7,12-15H2,1-2H3,(H,29,33)(H,30,34)/t19-,20+,22?,26+,27?/m1/s1. The van der Waals surface area contributed by atoms with E-state index in [-0.39, 0.29) is 30.9 Å². The second-order valence-corrected chi connectivity index (χ2v) is 12.4. The molecule has 2 unspecified atom stereocenters. The Balaban J connectivity index is 1.51. The van der Waals surface area contributed by atoms with Crippen LogP contribution in [-0.2, 0) is 14.4 Å². The Kier molecular flexibility index (Phi) is 6.55. The van der Waals surface area contributed by atoms with Crippen LogP contribution in [0.4, 0.5) is 11.4 Å². The number of carbonyl (C=O) groups is 3. The molecule has 3 amide bonds. The number of thioether (sulfide) groups is 1. The van der Waals surface area contributed by atoms with Gasteiger partial charge in [0.15, 0.2) is 0 Å². The van der Waals surface area contributed by atoms with Crippen molar-refractivity contribution in [3.8, 4) is 0 Å². The molecule has 190 valence electrons. The number of hydrogen-bond acceptors (Lipinski definition) is 5. The molecule has 2 bridgehead atoms. The van der Waals surface area contributed by atoms with Crippen LogP contribution in [0.1, 0.15) is 31.7 Å². The molecule has 2 aromatic rings. The summed E-state index contributed by atoms with van der Waals surface area (Å²) in [6.07, 6.45) is 1.75. The Morgan fingerprint density at radius 3 is 2.56 bits per heavy atom. The van der Waals surface area contributed by atoms with E-state index in [9.17, 15) is 19.5 Å². The van der Waals surface area contributed by atoms with Gasteiger partial charge in [-0.3, -0.25) is 14.4 Å². The van der Waals surface area contributed by atoms with Crippen LogP contribution in [0.15, 0.2) is 48.5 Å². The predicted molar refractivity (Wildman–Crippen MR) is 142 cm³/mol. The summed E-state index contributed by atoms with van der Waals surface area (Å²) in [5, 5.41) is 15.9. The van der Waals surface area contributed by atoms with Gasteiger partial charge in [0.1, 0.15) is 6.04 Å². The van der Waals surface area contributed by atoms with Gasteiger partial charge in [-0.2, -0.15) is 0 Å². The van der Waals surface area contributed by atoms with Crippen LogP contribution in [-0.4, -0.2) is 56.4 Å². The van der Waals surface area contributed by atoms with Crippen molar-refractivity contribution in [1.82, 2.24) is 4.90 Å². The minimum atomic E-state index is -0.765. The van der Waals surface area contributed by atoms with E-state index in [0.29, 0.717) is 29.2 Å². The molecule has 3 aliphatic heterocycles. The number of aryl methyl sites for hydroxylation is 1. The van der Waals surface area contributed by atoms with Gasteiger partial charge in [-0.25, -0.2) is 0 Å². The molecule has 7 nitrogen and oxygen atoms in total. The average molecular weight is 528 g/mol. The molecule has 2 aromatic carbocycles.